The Balaban J connectivity index is 1.59. The Morgan fingerprint density at radius 1 is 1.12 bits per heavy atom. The minimum Gasteiger partial charge on any atom is -0.497 e. The smallest absolute Gasteiger partial charge is 0.328 e. The molecule has 10 heteroatoms. The van der Waals surface area contributed by atoms with Gasteiger partial charge >= 0.3 is 5.97 Å². The summed E-state index contributed by atoms with van der Waals surface area (Å²) in [5, 5.41) is 16.0. The van der Waals surface area contributed by atoms with Gasteiger partial charge in [0.15, 0.2) is 5.13 Å². The van der Waals surface area contributed by atoms with Gasteiger partial charge in [-0.3, -0.25) is 9.59 Å². The molecule has 0 saturated carbocycles. The second-order valence-electron chi connectivity index (χ2n) is 6.71. The highest BCUT2D eigenvalue weighted by Gasteiger charge is 2.17. The van der Waals surface area contributed by atoms with Crippen molar-refractivity contribution in [1.29, 1.82) is 0 Å². The number of hydrogen-bond donors (Lipinski definition) is 3. The number of carbonyl (C=O) groups excluding carboxylic acids is 2. The van der Waals surface area contributed by atoms with Crippen LogP contribution in [0.4, 0.5) is 10.8 Å². The van der Waals surface area contributed by atoms with Crippen molar-refractivity contribution < 1.29 is 24.2 Å². The van der Waals surface area contributed by atoms with Crippen LogP contribution in [0.25, 0.3) is 11.3 Å². The summed E-state index contributed by atoms with van der Waals surface area (Å²) < 4.78 is 5.24. The lowest BCUT2D eigenvalue weighted by Gasteiger charge is -2.11. The Bertz CT molecular complexity index is 1190. The fraction of sp³-hybridized carbons (Fsp3) is 0.130. The average Bonchev–Trinajstić information content (AvgIpc) is 3.26. The number of thiazole rings is 1. The maximum absolute atomic E-state index is 12.7. The van der Waals surface area contributed by atoms with Crippen molar-refractivity contribution in [2.45, 2.75) is 17.1 Å². The van der Waals surface area contributed by atoms with E-state index in [1.807, 2.05) is 35.7 Å². The maximum Gasteiger partial charge on any atom is 0.328 e. The zero-order valence-corrected chi connectivity index (χ0v) is 19.4. The minimum atomic E-state index is -1.20. The Morgan fingerprint density at radius 3 is 2.67 bits per heavy atom. The van der Waals surface area contributed by atoms with Gasteiger partial charge in [0.25, 0.3) is 0 Å². The van der Waals surface area contributed by atoms with E-state index in [0.29, 0.717) is 10.8 Å². The monoisotopic (exact) mass is 483 g/mol. The normalized spacial score (nSPS) is 11.7. The third-order valence-electron chi connectivity index (χ3n) is 4.26. The molecule has 0 bridgehead atoms. The summed E-state index contributed by atoms with van der Waals surface area (Å²) >= 11 is 2.66. The van der Waals surface area contributed by atoms with Crippen LogP contribution in [-0.4, -0.2) is 40.2 Å². The number of thioether (sulfide) groups is 1. The Labute approximate surface area is 198 Å². The van der Waals surface area contributed by atoms with Crippen LogP contribution < -0.4 is 15.4 Å². The minimum absolute atomic E-state index is 0.203. The van der Waals surface area contributed by atoms with Crippen LogP contribution in [0.1, 0.15) is 6.92 Å². The largest absolute Gasteiger partial charge is 0.497 e. The zero-order chi connectivity index (χ0) is 23.8. The average molecular weight is 484 g/mol. The van der Waals surface area contributed by atoms with Gasteiger partial charge in [0.1, 0.15) is 5.75 Å². The standard InChI is InChI=1S/C23H21N3O5S2/c1-14(33-18-8-4-6-16(12-18)24-20(27)9-10-21(28)29)22(30)26-23-25-19(13-32-23)15-5-3-7-17(11-15)31-2/h3-14H,1-2H3,(H,24,27)(H,28,29)(H,25,26,30)/b10-9+. The third kappa shape index (κ3) is 7.19. The first-order chi connectivity index (χ1) is 15.8. The number of nitrogens with zero attached hydrogens (tertiary/aromatic N) is 1. The number of amides is 2. The fourth-order valence-electron chi connectivity index (χ4n) is 2.69. The highest BCUT2D eigenvalue weighted by molar-refractivity contribution is 8.00. The molecule has 3 N–H and O–H groups in total. The Morgan fingerprint density at radius 2 is 1.91 bits per heavy atom. The molecule has 1 unspecified atom stereocenters. The van der Waals surface area contributed by atoms with E-state index >= 15 is 0 Å². The fourth-order valence-corrected chi connectivity index (χ4v) is 4.34. The molecule has 8 nitrogen and oxygen atoms in total. The van der Waals surface area contributed by atoms with Gasteiger partial charge in [-0.25, -0.2) is 9.78 Å². The predicted octanol–water partition coefficient (Wildman–Crippen LogP) is 4.52. The number of benzene rings is 2. The molecule has 2 amide bonds. The molecular formula is C23H21N3O5S2. The number of carbonyl (C=O) groups is 3. The molecule has 1 aromatic heterocycles. The van der Waals surface area contributed by atoms with Gasteiger partial charge in [-0.1, -0.05) is 18.2 Å². The number of rotatable bonds is 9. The molecular weight excluding hydrogens is 462 g/mol. The van der Waals surface area contributed by atoms with Gasteiger partial charge in [-0.15, -0.1) is 23.1 Å². The van der Waals surface area contributed by atoms with Crippen molar-refractivity contribution in [2.24, 2.45) is 0 Å². The van der Waals surface area contributed by atoms with Gasteiger partial charge < -0.3 is 20.5 Å². The molecule has 3 aromatic rings. The van der Waals surface area contributed by atoms with Crippen LogP contribution in [-0.2, 0) is 14.4 Å². The molecule has 0 aliphatic rings. The highest BCUT2D eigenvalue weighted by Crippen LogP contribution is 2.29. The second kappa shape index (κ2) is 11.3. The number of hydrogen-bond acceptors (Lipinski definition) is 7. The van der Waals surface area contributed by atoms with E-state index < -0.39 is 17.1 Å². The van der Waals surface area contributed by atoms with E-state index in [0.717, 1.165) is 34.1 Å². The molecule has 0 fully saturated rings. The topological polar surface area (TPSA) is 118 Å². The van der Waals surface area contributed by atoms with Crippen LogP contribution >= 0.6 is 23.1 Å². The molecule has 1 heterocycles. The van der Waals surface area contributed by atoms with Gasteiger partial charge in [0.05, 0.1) is 18.1 Å². The molecule has 1 atom stereocenters. The van der Waals surface area contributed by atoms with Crippen LogP contribution in [0.5, 0.6) is 5.75 Å². The summed E-state index contributed by atoms with van der Waals surface area (Å²) in [6.07, 6.45) is 1.70. The Kier molecular flexibility index (Phi) is 8.22. The molecule has 0 saturated heterocycles. The molecule has 3 rings (SSSR count). The van der Waals surface area contributed by atoms with Crippen molar-refractivity contribution in [3.8, 4) is 17.0 Å². The molecule has 0 aliphatic carbocycles. The van der Waals surface area contributed by atoms with Crippen molar-refractivity contribution in [1.82, 2.24) is 4.98 Å². The lowest BCUT2D eigenvalue weighted by atomic mass is 10.2. The third-order valence-corrected chi connectivity index (χ3v) is 6.11. The van der Waals surface area contributed by atoms with E-state index in [9.17, 15) is 14.4 Å². The number of aromatic nitrogens is 1. The predicted molar refractivity (Wildman–Crippen MR) is 130 cm³/mol. The summed E-state index contributed by atoms with van der Waals surface area (Å²) in [5.74, 6) is -1.23. The summed E-state index contributed by atoms with van der Waals surface area (Å²) in [5.41, 5.74) is 2.14. The lowest BCUT2D eigenvalue weighted by Crippen LogP contribution is -2.22. The van der Waals surface area contributed by atoms with Gasteiger partial charge in [0.2, 0.25) is 11.8 Å². The summed E-state index contributed by atoms with van der Waals surface area (Å²) in [7, 11) is 1.60. The molecule has 0 radical (unpaired) electrons. The van der Waals surface area contributed by atoms with Gasteiger partial charge in [-0.05, 0) is 37.3 Å². The van der Waals surface area contributed by atoms with Crippen molar-refractivity contribution in [3.05, 3.63) is 66.1 Å². The molecule has 0 aliphatic heterocycles. The molecule has 170 valence electrons. The maximum atomic E-state index is 12.7. The number of carboxylic acids is 1. The van der Waals surface area contributed by atoms with E-state index in [1.165, 1.54) is 23.1 Å². The van der Waals surface area contributed by atoms with E-state index in [-0.39, 0.29) is 5.91 Å². The summed E-state index contributed by atoms with van der Waals surface area (Å²) in [4.78, 5) is 40.2. The van der Waals surface area contributed by atoms with Crippen LogP contribution in [0.2, 0.25) is 0 Å². The molecule has 0 spiro atoms. The van der Waals surface area contributed by atoms with E-state index in [4.69, 9.17) is 9.84 Å². The highest BCUT2D eigenvalue weighted by atomic mass is 32.2. The number of carboxylic acid groups (broad SMARTS) is 1. The van der Waals surface area contributed by atoms with Crippen LogP contribution in [0.3, 0.4) is 0 Å². The number of aliphatic carboxylic acids is 1. The SMILES string of the molecule is COc1cccc(-c2csc(NC(=O)C(C)Sc3cccc(NC(=O)/C=C/C(=O)O)c3)n2)c1. The first-order valence-corrected chi connectivity index (χ1v) is 11.5. The number of anilines is 2. The quantitative estimate of drug-likeness (QED) is 0.303. The molecule has 33 heavy (non-hydrogen) atoms. The van der Waals surface area contributed by atoms with Crippen LogP contribution in [0, 0.1) is 0 Å². The van der Waals surface area contributed by atoms with E-state index in [2.05, 4.69) is 15.6 Å². The van der Waals surface area contributed by atoms with E-state index in [1.54, 1.807) is 32.2 Å². The molecule has 2 aromatic carbocycles. The zero-order valence-electron chi connectivity index (χ0n) is 17.8. The number of nitrogens with one attached hydrogen (secondary N) is 2. The van der Waals surface area contributed by atoms with Crippen molar-refractivity contribution in [2.75, 3.05) is 17.7 Å². The number of methoxy groups -OCH3 is 1. The van der Waals surface area contributed by atoms with Crippen molar-refractivity contribution in [3.63, 3.8) is 0 Å². The lowest BCUT2D eigenvalue weighted by molar-refractivity contribution is -0.131. The summed E-state index contributed by atoms with van der Waals surface area (Å²) in [6, 6.07) is 14.5. The van der Waals surface area contributed by atoms with Crippen LogP contribution in [0.15, 0.2) is 71.0 Å². The van der Waals surface area contributed by atoms with Gasteiger partial charge in [-0.2, -0.15) is 0 Å². The van der Waals surface area contributed by atoms with Gasteiger partial charge in [0, 0.05) is 33.7 Å². The number of ether oxygens (including phenoxy) is 1. The first-order valence-electron chi connectivity index (χ1n) is 9.73. The second-order valence-corrected chi connectivity index (χ2v) is 8.98. The Hall–Kier alpha value is -3.63. The summed E-state index contributed by atoms with van der Waals surface area (Å²) in [6.45, 7) is 1.78. The first kappa shape index (κ1) is 24.0. The van der Waals surface area contributed by atoms with Crippen molar-refractivity contribution >= 4 is 51.7 Å².